The maximum atomic E-state index is 14.5. The minimum absolute atomic E-state index is 0.0175. The third-order valence-corrected chi connectivity index (χ3v) is 4.54. The number of aromatic nitrogens is 1. The van der Waals surface area contributed by atoms with Crippen LogP contribution in [0, 0.1) is 12.7 Å². The van der Waals surface area contributed by atoms with Crippen molar-refractivity contribution in [2.45, 2.75) is 20.4 Å². The molecule has 0 aliphatic rings. The number of nitrogens with one attached hydrogen (secondary N) is 2. The van der Waals surface area contributed by atoms with Crippen LogP contribution in [0.1, 0.15) is 39.0 Å². The van der Waals surface area contributed by atoms with E-state index < -0.39 is 23.5 Å². The first-order valence-electron chi connectivity index (χ1n) is 9.45. The predicted molar refractivity (Wildman–Crippen MR) is 109 cm³/mol. The highest BCUT2D eigenvalue weighted by atomic mass is 19.1. The quantitative estimate of drug-likeness (QED) is 0.354. The molecule has 1 aromatic heterocycles. The zero-order valence-electron chi connectivity index (χ0n) is 16.6. The van der Waals surface area contributed by atoms with Crippen LogP contribution in [0.25, 0.3) is 11.1 Å². The molecular weight excluding hydrogens is 387 g/mol. The number of esters is 1. The van der Waals surface area contributed by atoms with Crippen LogP contribution in [0.2, 0.25) is 0 Å². The van der Waals surface area contributed by atoms with E-state index in [0.29, 0.717) is 5.69 Å². The Morgan fingerprint density at radius 3 is 2.37 bits per heavy atom. The molecule has 154 valence electrons. The molecule has 0 atom stereocenters. The van der Waals surface area contributed by atoms with Crippen LogP contribution in [-0.4, -0.2) is 29.3 Å². The van der Waals surface area contributed by atoms with Gasteiger partial charge in [-0.05, 0) is 25.5 Å². The average Bonchev–Trinajstić information content (AvgIpc) is 3.09. The Labute approximate surface area is 173 Å². The molecule has 0 unspecified atom stereocenters. The molecule has 3 rings (SSSR count). The summed E-state index contributed by atoms with van der Waals surface area (Å²) in [5, 5.41) is 2.56. The number of H-pyrrole nitrogens is 1. The second-order valence-corrected chi connectivity index (χ2v) is 6.57. The van der Waals surface area contributed by atoms with Crippen molar-refractivity contribution in [2.75, 3.05) is 6.61 Å². The number of rotatable bonds is 7. The smallest absolute Gasteiger partial charge is 0.340 e. The molecule has 0 radical (unpaired) electrons. The second kappa shape index (κ2) is 9.17. The van der Waals surface area contributed by atoms with Gasteiger partial charge in [-0.25, -0.2) is 9.18 Å². The third kappa shape index (κ3) is 4.30. The largest absolute Gasteiger partial charge is 0.462 e. The summed E-state index contributed by atoms with van der Waals surface area (Å²) in [6.07, 6.45) is 0. The topological polar surface area (TPSA) is 88.3 Å². The van der Waals surface area contributed by atoms with Crippen LogP contribution in [-0.2, 0) is 16.1 Å². The zero-order chi connectivity index (χ0) is 21.7. The van der Waals surface area contributed by atoms with Gasteiger partial charge in [0.05, 0.1) is 12.2 Å². The number of aromatic amines is 1. The lowest BCUT2D eigenvalue weighted by Crippen LogP contribution is -2.31. The summed E-state index contributed by atoms with van der Waals surface area (Å²) >= 11 is 0. The molecule has 30 heavy (non-hydrogen) atoms. The molecule has 3 aromatic rings. The van der Waals surface area contributed by atoms with E-state index in [-0.39, 0.29) is 35.5 Å². The lowest BCUT2D eigenvalue weighted by Gasteiger charge is -2.09. The third-order valence-electron chi connectivity index (χ3n) is 4.54. The van der Waals surface area contributed by atoms with E-state index in [1.54, 1.807) is 19.9 Å². The molecule has 0 saturated heterocycles. The van der Waals surface area contributed by atoms with Gasteiger partial charge in [0.15, 0.2) is 0 Å². The van der Waals surface area contributed by atoms with E-state index in [9.17, 15) is 18.8 Å². The van der Waals surface area contributed by atoms with E-state index in [2.05, 4.69) is 10.3 Å². The van der Waals surface area contributed by atoms with Crippen molar-refractivity contribution < 1.29 is 23.5 Å². The van der Waals surface area contributed by atoms with Gasteiger partial charge < -0.3 is 15.0 Å². The molecule has 0 aliphatic heterocycles. The summed E-state index contributed by atoms with van der Waals surface area (Å²) < 4.78 is 19.6. The normalized spacial score (nSPS) is 10.5. The summed E-state index contributed by atoms with van der Waals surface area (Å²) in [6, 6.07) is 14.8. The maximum Gasteiger partial charge on any atom is 0.340 e. The van der Waals surface area contributed by atoms with Crippen LogP contribution < -0.4 is 5.32 Å². The Balaban J connectivity index is 2.00. The minimum atomic E-state index is -0.900. The van der Waals surface area contributed by atoms with Crippen LogP contribution in [0.5, 0.6) is 0 Å². The van der Waals surface area contributed by atoms with Gasteiger partial charge in [-0.15, -0.1) is 0 Å². The van der Waals surface area contributed by atoms with Crippen molar-refractivity contribution >= 4 is 17.7 Å². The van der Waals surface area contributed by atoms with Crippen LogP contribution in [0.3, 0.4) is 0 Å². The number of aryl methyl sites for hydroxylation is 1. The second-order valence-electron chi connectivity index (χ2n) is 6.57. The Morgan fingerprint density at radius 2 is 1.70 bits per heavy atom. The number of amides is 1. The van der Waals surface area contributed by atoms with Crippen molar-refractivity contribution in [1.82, 2.24) is 10.3 Å². The fourth-order valence-electron chi connectivity index (χ4n) is 3.16. The van der Waals surface area contributed by atoms with Gasteiger partial charge in [0, 0.05) is 23.4 Å². The number of ketones is 1. The maximum absolute atomic E-state index is 14.5. The molecule has 0 spiro atoms. The summed E-state index contributed by atoms with van der Waals surface area (Å²) in [5.74, 6) is -3.09. The first kappa shape index (κ1) is 21.0. The number of hydrogen-bond acceptors (Lipinski definition) is 4. The molecule has 6 nitrogen and oxygen atoms in total. The molecular formula is C23H21FN2O4. The summed E-state index contributed by atoms with van der Waals surface area (Å²) in [6.45, 7) is 3.48. The van der Waals surface area contributed by atoms with E-state index in [0.717, 1.165) is 5.56 Å². The number of carbonyl (C=O) groups is 3. The molecule has 0 fully saturated rings. The van der Waals surface area contributed by atoms with Crippen LogP contribution >= 0.6 is 0 Å². The van der Waals surface area contributed by atoms with Crippen molar-refractivity contribution in [1.29, 1.82) is 0 Å². The van der Waals surface area contributed by atoms with Gasteiger partial charge in [0.25, 0.3) is 11.7 Å². The predicted octanol–water partition coefficient (Wildman–Crippen LogP) is 3.81. The zero-order valence-corrected chi connectivity index (χ0v) is 16.6. The molecule has 0 aliphatic carbocycles. The van der Waals surface area contributed by atoms with Crippen molar-refractivity contribution in [2.24, 2.45) is 0 Å². The highest BCUT2D eigenvalue weighted by Gasteiger charge is 2.30. The van der Waals surface area contributed by atoms with Gasteiger partial charge in [-0.3, -0.25) is 9.59 Å². The molecule has 1 amide bonds. The van der Waals surface area contributed by atoms with E-state index in [1.807, 2.05) is 30.3 Å². The fraction of sp³-hybridized carbons (Fsp3) is 0.174. The van der Waals surface area contributed by atoms with E-state index >= 15 is 0 Å². The van der Waals surface area contributed by atoms with Gasteiger partial charge >= 0.3 is 5.97 Å². The average molecular weight is 408 g/mol. The lowest BCUT2D eigenvalue weighted by atomic mass is 9.97. The van der Waals surface area contributed by atoms with Gasteiger partial charge in [0.2, 0.25) is 0 Å². The lowest BCUT2D eigenvalue weighted by molar-refractivity contribution is -0.117. The Hall–Kier alpha value is -3.74. The van der Waals surface area contributed by atoms with Crippen molar-refractivity contribution in [3.63, 3.8) is 0 Å². The summed E-state index contributed by atoms with van der Waals surface area (Å²) in [4.78, 5) is 40.7. The summed E-state index contributed by atoms with van der Waals surface area (Å²) in [7, 11) is 0. The number of Topliss-reactive ketones (excluding diaryl/α,β-unsaturated/α-hetero) is 1. The Morgan fingerprint density at radius 1 is 1.03 bits per heavy atom. The monoisotopic (exact) mass is 408 g/mol. The molecule has 0 saturated carbocycles. The molecule has 7 heteroatoms. The SMILES string of the molecule is CCOC(=O)c1c(C)[nH]c(C(=O)C(=O)NCc2ccccc2)c1-c1ccccc1F. The first-order chi connectivity index (χ1) is 14.4. The van der Waals surface area contributed by atoms with Gasteiger partial charge in [0.1, 0.15) is 11.5 Å². The summed E-state index contributed by atoms with van der Waals surface area (Å²) in [5.41, 5.74) is 1.05. The van der Waals surface area contributed by atoms with Gasteiger partial charge in [-0.2, -0.15) is 0 Å². The van der Waals surface area contributed by atoms with Crippen molar-refractivity contribution in [3.05, 3.63) is 82.9 Å². The number of hydrogen-bond donors (Lipinski definition) is 2. The number of benzene rings is 2. The molecule has 2 N–H and O–H groups in total. The van der Waals surface area contributed by atoms with E-state index in [1.165, 1.54) is 18.2 Å². The highest BCUT2D eigenvalue weighted by Crippen LogP contribution is 2.33. The highest BCUT2D eigenvalue weighted by molar-refractivity contribution is 6.43. The Kier molecular flexibility index (Phi) is 6.41. The molecule has 2 aromatic carbocycles. The Bertz CT molecular complexity index is 1090. The van der Waals surface area contributed by atoms with Gasteiger partial charge in [-0.1, -0.05) is 48.5 Å². The minimum Gasteiger partial charge on any atom is -0.462 e. The van der Waals surface area contributed by atoms with Crippen LogP contribution in [0.15, 0.2) is 54.6 Å². The first-order valence-corrected chi connectivity index (χ1v) is 9.45. The van der Waals surface area contributed by atoms with Crippen LogP contribution in [0.4, 0.5) is 4.39 Å². The fourth-order valence-corrected chi connectivity index (χ4v) is 3.16. The number of carbonyl (C=O) groups excluding carboxylic acids is 3. The number of halogens is 1. The number of ether oxygens (including phenoxy) is 1. The molecule has 0 bridgehead atoms. The molecule has 1 heterocycles. The standard InChI is InChI=1S/C23H21FN2O4/c1-3-30-23(29)18-14(2)26-20(19(18)16-11-7-8-12-17(16)24)21(27)22(28)25-13-15-9-5-4-6-10-15/h4-12,26H,3,13H2,1-2H3,(H,25,28). The van der Waals surface area contributed by atoms with Crippen molar-refractivity contribution in [3.8, 4) is 11.1 Å². The van der Waals surface area contributed by atoms with E-state index in [4.69, 9.17) is 4.74 Å².